The van der Waals surface area contributed by atoms with Crippen molar-refractivity contribution in [2.45, 2.75) is 33.1 Å². The average Bonchev–Trinajstić information content (AvgIpc) is 2.46. The Bertz CT molecular complexity index is 546. The minimum Gasteiger partial charge on any atom is -0.478 e. The van der Waals surface area contributed by atoms with E-state index in [1.807, 2.05) is 12.1 Å². The molecule has 2 rings (SSSR count). The van der Waals surface area contributed by atoms with Crippen molar-refractivity contribution in [2.24, 2.45) is 5.41 Å². The van der Waals surface area contributed by atoms with Gasteiger partial charge in [0.1, 0.15) is 0 Å². The van der Waals surface area contributed by atoms with Crippen LogP contribution in [0, 0.1) is 5.41 Å². The maximum Gasteiger partial charge on any atom is 0.328 e. The van der Waals surface area contributed by atoms with Crippen molar-refractivity contribution < 1.29 is 9.90 Å². The normalized spacial score (nSPS) is 18.1. The van der Waals surface area contributed by atoms with E-state index in [1.165, 1.54) is 6.42 Å². The summed E-state index contributed by atoms with van der Waals surface area (Å²) in [5.41, 5.74) is 2.24. The van der Waals surface area contributed by atoms with Crippen molar-refractivity contribution in [3.05, 3.63) is 34.9 Å². The fourth-order valence-corrected chi connectivity index (χ4v) is 2.99. The van der Waals surface area contributed by atoms with E-state index in [2.05, 4.69) is 18.7 Å². The smallest absolute Gasteiger partial charge is 0.328 e. The molecule has 1 aromatic rings. The molecule has 1 aliphatic heterocycles. The van der Waals surface area contributed by atoms with E-state index in [-0.39, 0.29) is 0 Å². The molecule has 4 heteroatoms. The van der Waals surface area contributed by atoms with Gasteiger partial charge in [-0.2, -0.15) is 0 Å². The lowest BCUT2D eigenvalue weighted by Crippen LogP contribution is -2.38. The first kappa shape index (κ1) is 15.9. The first-order valence-corrected chi connectivity index (χ1v) is 7.77. The maximum absolute atomic E-state index is 10.8. The molecular formula is C17H22ClNO2. The quantitative estimate of drug-likeness (QED) is 0.835. The molecule has 1 heterocycles. The molecule has 3 nitrogen and oxygen atoms in total. The molecule has 0 saturated carbocycles. The van der Waals surface area contributed by atoms with E-state index in [1.54, 1.807) is 12.1 Å². The van der Waals surface area contributed by atoms with E-state index >= 15 is 0 Å². The largest absolute Gasteiger partial charge is 0.478 e. The summed E-state index contributed by atoms with van der Waals surface area (Å²) in [4.78, 5) is 13.1. The summed E-state index contributed by atoms with van der Waals surface area (Å²) in [6, 6.07) is 5.73. The molecule has 1 saturated heterocycles. The molecule has 0 radical (unpaired) electrons. The molecule has 1 N–H and O–H groups in total. The van der Waals surface area contributed by atoms with E-state index in [9.17, 15) is 4.79 Å². The van der Waals surface area contributed by atoms with Gasteiger partial charge in [0, 0.05) is 35.4 Å². The number of hydrogen-bond donors (Lipinski definition) is 1. The fraction of sp³-hybridized carbons (Fsp3) is 0.471. The van der Waals surface area contributed by atoms with E-state index in [0.29, 0.717) is 10.4 Å². The van der Waals surface area contributed by atoms with Gasteiger partial charge in [-0.05, 0) is 36.5 Å². The summed E-state index contributed by atoms with van der Waals surface area (Å²) in [5, 5.41) is 9.42. The first-order valence-electron chi connectivity index (χ1n) is 7.40. The zero-order valence-corrected chi connectivity index (χ0v) is 13.4. The second kappa shape index (κ2) is 6.52. The fourth-order valence-electron chi connectivity index (χ4n) is 2.76. The van der Waals surface area contributed by atoms with Gasteiger partial charge < -0.3 is 10.0 Å². The molecule has 0 atom stereocenters. The predicted molar refractivity (Wildman–Crippen MR) is 88.0 cm³/mol. The first-order chi connectivity index (χ1) is 9.95. The molecule has 114 valence electrons. The number of carboxylic acids is 1. The number of rotatable bonds is 4. The highest BCUT2D eigenvalue weighted by atomic mass is 35.5. The van der Waals surface area contributed by atoms with Crippen molar-refractivity contribution >= 4 is 29.3 Å². The van der Waals surface area contributed by atoms with Gasteiger partial charge in [0.25, 0.3) is 0 Å². The summed E-state index contributed by atoms with van der Waals surface area (Å²) in [6.07, 6.45) is 6.23. The van der Waals surface area contributed by atoms with Crippen LogP contribution in [-0.2, 0) is 4.79 Å². The van der Waals surface area contributed by atoms with Gasteiger partial charge in [0.05, 0.1) is 0 Å². The Hall–Kier alpha value is -1.48. The van der Waals surface area contributed by atoms with Crippen LogP contribution in [0.1, 0.15) is 38.7 Å². The number of anilines is 1. The molecule has 1 aliphatic rings. The van der Waals surface area contributed by atoms with Crippen molar-refractivity contribution in [1.29, 1.82) is 0 Å². The summed E-state index contributed by atoms with van der Waals surface area (Å²) < 4.78 is 0. The van der Waals surface area contributed by atoms with Gasteiger partial charge in [-0.25, -0.2) is 4.79 Å². The number of halogens is 1. The third kappa shape index (κ3) is 3.79. The highest BCUT2D eigenvalue weighted by molar-refractivity contribution is 6.32. The zero-order chi connectivity index (χ0) is 15.5. The topological polar surface area (TPSA) is 40.5 Å². The Kier molecular flexibility index (Phi) is 4.94. The molecular weight excluding hydrogens is 286 g/mol. The van der Waals surface area contributed by atoms with Crippen LogP contribution in [0.4, 0.5) is 5.69 Å². The summed E-state index contributed by atoms with van der Waals surface area (Å²) in [5.74, 6) is -0.960. The van der Waals surface area contributed by atoms with Crippen LogP contribution >= 0.6 is 11.6 Å². The molecule has 0 aromatic heterocycles. The van der Waals surface area contributed by atoms with Crippen LogP contribution in [-0.4, -0.2) is 24.2 Å². The van der Waals surface area contributed by atoms with Crippen LogP contribution in [0.15, 0.2) is 24.3 Å². The molecule has 0 aliphatic carbocycles. The highest BCUT2D eigenvalue weighted by Gasteiger charge is 2.29. The van der Waals surface area contributed by atoms with Crippen LogP contribution in [0.25, 0.3) is 6.08 Å². The molecule has 1 fully saturated rings. The lowest BCUT2D eigenvalue weighted by Gasteiger charge is -2.40. The Balaban J connectivity index is 2.25. The number of hydrogen-bond acceptors (Lipinski definition) is 2. The van der Waals surface area contributed by atoms with Crippen LogP contribution in [0.5, 0.6) is 0 Å². The van der Waals surface area contributed by atoms with Crippen molar-refractivity contribution in [2.75, 3.05) is 18.0 Å². The van der Waals surface area contributed by atoms with Crippen LogP contribution in [0.2, 0.25) is 5.02 Å². The van der Waals surface area contributed by atoms with E-state index in [0.717, 1.165) is 43.3 Å². The van der Waals surface area contributed by atoms with Crippen LogP contribution in [0.3, 0.4) is 0 Å². The lowest BCUT2D eigenvalue weighted by molar-refractivity contribution is -0.131. The second-order valence-electron chi connectivity index (χ2n) is 6.00. The number of aliphatic carboxylic acids is 1. The zero-order valence-electron chi connectivity index (χ0n) is 12.6. The second-order valence-corrected chi connectivity index (χ2v) is 6.40. The monoisotopic (exact) mass is 307 g/mol. The number of piperidine rings is 1. The number of carboxylic acid groups (broad SMARTS) is 1. The van der Waals surface area contributed by atoms with Gasteiger partial charge in [0.2, 0.25) is 0 Å². The minimum absolute atomic E-state index is 0.423. The summed E-state index contributed by atoms with van der Waals surface area (Å²) in [6.45, 7) is 6.56. The van der Waals surface area contributed by atoms with Gasteiger partial charge >= 0.3 is 5.97 Å². The Morgan fingerprint density at radius 2 is 2.10 bits per heavy atom. The SMILES string of the molecule is CCC1(C)CCN(c2cccc(Cl)c2C=CC(=O)O)CC1. The standard InChI is InChI=1S/C17H22ClNO2/c1-3-17(2)9-11-19(12-10-17)15-6-4-5-14(18)13(15)7-8-16(20)21/h4-8H,3,9-12H2,1-2H3,(H,20,21). The van der Waals surface area contributed by atoms with Gasteiger partial charge in [-0.15, -0.1) is 0 Å². The van der Waals surface area contributed by atoms with Crippen molar-refractivity contribution in [3.8, 4) is 0 Å². The Morgan fingerprint density at radius 1 is 1.43 bits per heavy atom. The predicted octanol–water partition coefficient (Wildman–Crippen LogP) is 4.45. The molecule has 0 bridgehead atoms. The summed E-state index contributed by atoms with van der Waals surface area (Å²) >= 11 is 6.24. The minimum atomic E-state index is -0.960. The number of benzene rings is 1. The molecule has 21 heavy (non-hydrogen) atoms. The van der Waals surface area contributed by atoms with Gasteiger partial charge in [-0.1, -0.05) is 37.9 Å². The Labute approximate surface area is 131 Å². The number of carbonyl (C=O) groups is 1. The highest BCUT2D eigenvalue weighted by Crippen LogP contribution is 2.37. The maximum atomic E-state index is 10.8. The van der Waals surface area contributed by atoms with Crippen LogP contribution < -0.4 is 4.90 Å². The average molecular weight is 308 g/mol. The van der Waals surface area contributed by atoms with E-state index < -0.39 is 5.97 Å². The number of nitrogens with zero attached hydrogens (tertiary/aromatic N) is 1. The molecule has 0 spiro atoms. The summed E-state index contributed by atoms with van der Waals surface area (Å²) in [7, 11) is 0. The molecule has 0 amide bonds. The van der Waals surface area contributed by atoms with Crippen molar-refractivity contribution in [3.63, 3.8) is 0 Å². The van der Waals surface area contributed by atoms with Gasteiger partial charge in [-0.3, -0.25) is 0 Å². The molecule has 0 unspecified atom stereocenters. The third-order valence-electron chi connectivity index (χ3n) is 4.59. The van der Waals surface area contributed by atoms with Gasteiger partial charge in [0.15, 0.2) is 0 Å². The lowest BCUT2D eigenvalue weighted by atomic mass is 9.78. The molecule has 1 aromatic carbocycles. The third-order valence-corrected chi connectivity index (χ3v) is 4.92. The Morgan fingerprint density at radius 3 is 2.67 bits per heavy atom. The van der Waals surface area contributed by atoms with Crippen molar-refractivity contribution in [1.82, 2.24) is 0 Å². The van der Waals surface area contributed by atoms with E-state index in [4.69, 9.17) is 16.7 Å².